The fourth-order valence-corrected chi connectivity index (χ4v) is 0.987. The lowest BCUT2D eigenvalue weighted by atomic mass is 10.4. The van der Waals surface area contributed by atoms with Gasteiger partial charge in [-0.05, 0) is 13.3 Å². The number of oxazole rings is 1. The Labute approximate surface area is 87.1 Å². The summed E-state index contributed by atoms with van der Waals surface area (Å²) in [6, 6.07) is 0. The van der Waals surface area contributed by atoms with E-state index < -0.39 is 0 Å². The van der Waals surface area contributed by atoms with Gasteiger partial charge in [-0.1, -0.05) is 0 Å². The molecule has 1 aromatic heterocycles. The summed E-state index contributed by atoms with van der Waals surface area (Å²) in [4.78, 5) is 25.0. The third kappa shape index (κ3) is 3.80. The lowest BCUT2D eigenvalue weighted by Gasteiger charge is -2.01. The van der Waals surface area contributed by atoms with Gasteiger partial charge in [-0.2, -0.15) is 0 Å². The average molecular weight is 211 g/mol. The molecule has 2 amide bonds. The normalized spacial score (nSPS) is 9.67. The Kier molecular flexibility index (Phi) is 4.33. The zero-order valence-corrected chi connectivity index (χ0v) is 8.45. The number of aryl methyl sites for hydroxylation is 1. The van der Waals surface area contributed by atoms with E-state index in [0.717, 1.165) is 0 Å². The Hall–Kier alpha value is -1.85. The van der Waals surface area contributed by atoms with Crippen LogP contribution in [0.25, 0.3) is 0 Å². The molecule has 0 aliphatic heterocycles. The topological polar surface area (TPSA) is 84.2 Å². The van der Waals surface area contributed by atoms with E-state index in [4.69, 9.17) is 4.42 Å². The van der Waals surface area contributed by atoms with E-state index in [1.807, 2.05) is 0 Å². The van der Waals surface area contributed by atoms with Crippen molar-refractivity contribution in [2.24, 2.45) is 0 Å². The average Bonchev–Trinajstić information content (AvgIpc) is 2.64. The number of hydrogen-bond acceptors (Lipinski definition) is 4. The first-order valence-electron chi connectivity index (χ1n) is 4.61. The number of aromatic nitrogens is 1. The van der Waals surface area contributed by atoms with Gasteiger partial charge in [0.05, 0.1) is 6.20 Å². The largest absolute Gasteiger partial charge is 0.438 e. The van der Waals surface area contributed by atoms with Gasteiger partial charge < -0.3 is 15.1 Å². The van der Waals surface area contributed by atoms with Crippen molar-refractivity contribution in [1.82, 2.24) is 15.6 Å². The standard InChI is InChI=1S/C9H13N3O3/c1-7-5-12-9(15-7)8(14)11-4-2-3-10-6-13/h5-6H,2-4H2,1H3,(H,10,13)(H,11,14). The summed E-state index contributed by atoms with van der Waals surface area (Å²) in [5, 5.41) is 5.12. The number of rotatable bonds is 6. The van der Waals surface area contributed by atoms with E-state index in [2.05, 4.69) is 15.6 Å². The van der Waals surface area contributed by atoms with Gasteiger partial charge in [0.15, 0.2) is 0 Å². The van der Waals surface area contributed by atoms with E-state index in [1.54, 1.807) is 6.92 Å². The molecule has 1 aromatic rings. The summed E-state index contributed by atoms with van der Waals surface area (Å²) >= 11 is 0. The smallest absolute Gasteiger partial charge is 0.307 e. The minimum atomic E-state index is -0.339. The van der Waals surface area contributed by atoms with Gasteiger partial charge in [-0.3, -0.25) is 9.59 Å². The third-order valence-corrected chi connectivity index (χ3v) is 1.68. The van der Waals surface area contributed by atoms with Crippen molar-refractivity contribution < 1.29 is 14.0 Å². The fourth-order valence-electron chi connectivity index (χ4n) is 0.987. The fraction of sp³-hybridized carbons (Fsp3) is 0.444. The molecule has 1 rings (SSSR count). The third-order valence-electron chi connectivity index (χ3n) is 1.68. The molecule has 0 bridgehead atoms. The lowest BCUT2D eigenvalue weighted by Crippen LogP contribution is -2.27. The second-order valence-electron chi connectivity index (χ2n) is 2.96. The van der Waals surface area contributed by atoms with Crippen LogP contribution in [0.2, 0.25) is 0 Å². The maximum atomic E-state index is 11.3. The number of nitrogens with one attached hydrogen (secondary N) is 2. The molecule has 6 nitrogen and oxygen atoms in total. The molecule has 82 valence electrons. The predicted molar refractivity (Wildman–Crippen MR) is 52.3 cm³/mol. The highest BCUT2D eigenvalue weighted by Crippen LogP contribution is 2.00. The maximum Gasteiger partial charge on any atom is 0.307 e. The molecular formula is C9H13N3O3. The summed E-state index contributed by atoms with van der Waals surface area (Å²) in [5.74, 6) is 0.327. The van der Waals surface area contributed by atoms with Crippen LogP contribution >= 0.6 is 0 Å². The molecule has 0 aliphatic carbocycles. The van der Waals surface area contributed by atoms with Crippen molar-refractivity contribution in [2.45, 2.75) is 13.3 Å². The number of carbonyl (C=O) groups is 2. The first-order valence-corrected chi connectivity index (χ1v) is 4.61. The predicted octanol–water partition coefficient (Wildman–Crippen LogP) is -0.151. The van der Waals surface area contributed by atoms with Crippen LogP contribution in [0.15, 0.2) is 10.6 Å². The van der Waals surface area contributed by atoms with Crippen molar-refractivity contribution in [3.8, 4) is 0 Å². The van der Waals surface area contributed by atoms with Gasteiger partial charge in [0.1, 0.15) is 5.76 Å². The minimum Gasteiger partial charge on any atom is -0.438 e. The summed E-state index contributed by atoms with van der Waals surface area (Å²) in [7, 11) is 0. The van der Waals surface area contributed by atoms with E-state index in [-0.39, 0.29) is 11.8 Å². The highest BCUT2D eigenvalue weighted by Gasteiger charge is 2.10. The zero-order chi connectivity index (χ0) is 11.1. The van der Waals surface area contributed by atoms with Crippen molar-refractivity contribution in [3.63, 3.8) is 0 Å². The molecule has 6 heteroatoms. The van der Waals surface area contributed by atoms with Crippen LogP contribution in [0.3, 0.4) is 0 Å². The molecule has 0 spiro atoms. The molecule has 0 radical (unpaired) electrons. The first-order chi connectivity index (χ1) is 7.24. The Morgan fingerprint density at radius 2 is 2.40 bits per heavy atom. The molecular weight excluding hydrogens is 198 g/mol. The second kappa shape index (κ2) is 5.79. The Bertz CT molecular complexity index is 335. The molecule has 0 aromatic carbocycles. The highest BCUT2D eigenvalue weighted by atomic mass is 16.4. The number of nitrogens with zero attached hydrogens (tertiary/aromatic N) is 1. The molecule has 0 aliphatic rings. The van der Waals surface area contributed by atoms with Crippen LogP contribution in [0.1, 0.15) is 22.9 Å². The van der Waals surface area contributed by atoms with Crippen molar-refractivity contribution in [2.75, 3.05) is 13.1 Å². The quantitative estimate of drug-likeness (QED) is 0.506. The summed E-state index contributed by atoms with van der Waals surface area (Å²) < 4.78 is 5.03. The van der Waals surface area contributed by atoms with Crippen molar-refractivity contribution in [3.05, 3.63) is 17.8 Å². The van der Waals surface area contributed by atoms with E-state index in [1.165, 1.54) is 6.20 Å². The highest BCUT2D eigenvalue weighted by molar-refractivity contribution is 5.89. The van der Waals surface area contributed by atoms with Crippen molar-refractivity contribution >= 4 is 12.3 Å². The second-order valence-corrected chi connectivity index (χ2v) is 2.96. The Balaban J connectivity index is 2.22. The van der Waals surface area contributed by atoms with Gasteiger partial charge in [-0.25, -0.2) is 4.98 Å². The summed E-state index contributed by atoms with van der Waals surface area (Å²) in [6.07, 6.45) is 2.78. The molecule has 0 unspecified atom stereocenters. The molecule has 0 atom stereocenters. The van der Waals surface area contributed by atoms with Gasteiger partial charge in [0, 0.05) is 13.1 Å². The summed E-state index contributed by atoms with van der Waals surface area (Å²) in [5.41, 5.74) is 0. The van der Waals surface area contributed by atoms with Crippen molar-refractivity contribution in [1.29, 1.82) is 0 Å². The first kappa shape index (κ1) is 11.2. The number of carbonyl (C=O) groups excluding carboxylic acids is 2. The minimum absolute atomic E-state index is 0.0656. The molecule has 1 heterocycles. The van der Waals surface area contributed by atoms with Gasteiger partial charge in [0.2, 0.25) is 6.41 Å². The van der Waals surface area contributed by atoms with E-state index >= 15 is 0 Å². The lowest BCUT2D eigenvalue weighted by molar-refractivity contribution is -0.109. The Morgan fingerprint density at radius 1 is 1.60 bits per heavy atom. The van der Waals surface area contributed by atoms with Crippen LogP contribution in [0, 0.1) is 6.92 Å². The molecule has 0 fully saturated rings. The molecule has 0 saturated heterocycles. The van der Waals surface area contributed by atoms with E-state index in [0.29, 0.717) is 31.7 Å². The number of amides is 2. The SMILES string of the molecule is Cc1cnc(C(=O)NCCCNC=O)o1. The van der Waals surface area contributed by atoms with Crippen LogP contribution in [0.5, 0.6) is 0 Å². The molecule has 15 heavy (non-hydrogen) atoms. The van der Waals surface area contributed by atoms with Crippen LogP contribution in [0.4, 0.5) is 0 Å². The van der Waals surface area contributed by atoms with Gasteiger partial charge in [-0.15, -0.1) is 0 Å². The molecule has 0 saturated carbocycles. The zero-order valence-electron chi connectivity index (χ0n) is 8.45. The number of hydrogen-bond donors (Lipinski definition) is 2. The maximum absolute atomic E-state index is 11.3. The monoisotopic (exact) mass is 211 g/mol. The Morgan fingerprint density at radius 3 is 3.00 bits per heavy atom. The van der Waals surface area contributed by atoms with Gasteiger partial charge >= 0.3 is 5.91 Å². The van der Waals surface area contributed by atoms with Gasteiger partial charge in [0.25, 0.3) is 5.89 Å². The molecule has 2 N–H and O–H groups in total. The van der Waals surface area contributed by atoms with E-state index in [9.17, 15) is 9.59 Å². The van der Waals surface area contributed by atoms with Crippen LogP contribution in [-0.2, 0) is 4.79 Å². The summed E-state index contributed by atoms with van der Waals surface area (Å²) in [6.45, 7) is 2.73. The van der Waals surface area contributed by atoms with Crippen LogP contribution in [-0.4, -0.2) is 30.4 Å². The van der Waals surface area contributed by atoms with Crippen LogP contribution < -0.4 is 10.6 Å².